The first-order chi connectivity index (χ1) is 17.4. The minimum atomic E-state index is -4.78. The quantitative estimate of drug-likeness (QED) is 0.277. The highest BCUT2D eigenvalue weighted by Gasteiger charge is 2.36. The van der Waals surface area contributed by atoms with Crippen LogP contribution in [0.1, 0.15) is 34.0 Å². The van der Waals surface area contributed by atoms with Crippen molar-refractivity contribution in [2.75, 3.05) is 13.7 Å². The predicted octanol–water partition coefficient (Wildman–Crippen LogP) is 4.77. The molecule has 3 aromatic heterocycles. The third-order valence-electron chi connectivity index (χ3n) is 5.44. The van der Waals surface area contributed by atoms with Crippen molar-refractivity contribution < 1.29 is 35.9 Å². The van der Waals surface area contributed by atoms with Crippen LogP contribution >= 0.6 is 0 Å². The number of nitrogens with zero attached hydrogens (tertiary/aromatic N) is 5. The van der Waals surface area contributed by atoms with Gasteiger partial charge in [0.2, 0.25) is 0 Å². The summed E-state index contributed by atoms with van der Waals surface area (Å²) in [7, 11) is 1.46. The molecule has 196 valence electrons. The van der Waals surface area contributed by atoms with E-state index in [-0.39, 0.29) is 36.5 Å². The van der Waals surface area contributed by atoms with E-state index in [0.717, 1.165) is 18.2 Å². The van der Waals surface area contributed by atoms with Gasteiger partial charge in [0.05, 0.1) is 12.8 Å². The maximum Gasteiger partial charge on any atom is 0.435 e. The lowest BCUT2D eigenvalue weighted by molar-refractivity contribution is -0.143. The lowest BCUT2D eigenvalue weighted by Gasteiger charge is -2.11. The van der Waals surface area contributed by atoms with Crippen LogP contribution in [0.25, 0.3) is 16.9 Å². The van der Waals surface area contributed by atoms with Crippen LogP contribution in [0.15, 0.2) is 42.5 Å². The molecule has 0 fully saturated rings. The van der Waals surface area contributed by atoms with E-state index in [9.17, 15) is 31.1 Å². The monoisotopic (exact) mass is 526 g/mol. The number of aryl methyl sites for hydroxylation is 2. The van der Waals surface area contributed by atoms with Crippen molar-refractivity contribution in [2.45, 2.75) is 32.2 Å². The number of methoxy groups -OCH3 is 1. The van der Waals surface area contributed by atoms with Gasteiger partial charge in [-0.3, -0.25) is 9.48 Å². The van der Waals surface area contributed by atoms with Gasteiger partial charge in [0.15, 0.2) is 22.7 Å². The fourth-order valence-corrected chi connectivity index (χ4v) is 3.59. The topological polar surface area (TPSA) is 86.3 Å². The Bertz CT molecular complexity index is 1420. The Morgan fingerprint density at radius 1 is 1.00 bits per heavy atom. The minimum Gasteiger partial charge on any atom is -0.497 e. The van der Waals surface area contributed by atoms with Crippen LogP contribution in [-0.2, 0) is 18.9 Å². The summed E-state index contributed by atoms with van der Waals surface area (Å²) in [6, 6.07) is 9.16. The number of hydrogen-bond donors (Lipinski definition) is 1. The summed E-state index contributed by atoms with van der Waals surface area (Å²) in [5.74, 6) is -0.231. The number of halogens is 6. The number of rotatable bonds is 7. The Labute approximate surface area is 205 Å². The smallest absolute Gasteiger partial charge is 0.435 e. The number of nitrogens with one attached hydrogen (secondary N) is 1. The minimum absolute atomic E-state index is 0.0298. The van der Waals surface area contributed by atoms with Crippen molar-refractivity contribution in [1.82, 2.24) is 29.7 Å². The molecule has 14 heteroatoms. The Balaban J connectivity index is 1.50. The highest BCUT2D eigenvalue weighted by molar-refractivity contribution is 5.93. The first-order valence-corrected chi connectivity index (χ1v) is 10.9. The van der Waals surface area contributed by atoms with Crippen LogP contribution in [0.2, 0.25) is 0 Å². The third-order valence-corrected chi connectivity index (χ3v) is 5.44. The van der Waals surface area contributed by atoms with Crippen LogP contribution < -0.4 is 10.1 Å². The molecule has 8 nitrogen and oxygen atoms in total. The molecule has 0 aliphatic carbocycles. The van der Waals surface area contributed by atoms with Gasteiger partial charge in [-0.1, -0.05) is 0 Å². The van der Waals surface area contributed by atoms with Crippen LogP contribution in [0.4, 0.5) is 26.3 Å². The molecule has 1 N–H and O–H groups in total. The fraction of sp³-hybridized carbons (Fsp3) is 0.304. The fourth-order valence-electron chi connectivity index (χ4n) is 3.59. The molecule has 0 unspecified atom stereocenters. The average Bonchev–Trinajstić information content (AvgIpc) is 3.44. The van der Waals surface area contributed by atoms with Crippen LogP contribution in [0.5, 0.6) is 5.75 Å². The molecule has 0 aliphatic rings. The Morgan fingerprint density at radius 2 is 1.70 bits per heavy atom. The molecular formula is C23H20F6N6O2. The zero-order valence-electron chi connectivity index (χ0n) is 19.5. The van der Waals surface area contributed by atoms with E-state index in [0.29, 0.717) is 21.5 Å². The second-order valence-corrected chi connectivity index (χ2v) is 8.05. The summed E-state index contributed by atoms with van der Waals surface area (Å²) >= 11 is 0. The predicted molar refractivity (Wildman–Crippen MR) is 119 cm³/mol. The van der Waals surface area contributed by atoms with Gasteiger partial charge in [-0.05, 0) is 49.7 Å². The van der Waals surface area contributed by atoms with E-state index in [4.69, 9.17) is 4.74 Å². The Kier molecular flexibility index (Phi) is 6.84. The van der Waals surface area contributed by atoms with E-state index >= 15 is 0 Å². The number of benzene rings is 1. The lowest BCUT2D eigenvalue weighted by Crippen LogP contribution is -2.26. The number of aromatic nitrogens is 5. The van der Waals surface area contributed by atoms with Gasteiger partial charge in [0, 0.05) is 30.4 Å². The summed E-state index contributed by atoms with van der Waals surface area (Å²) in [6.07, 6.45) is -9.12. The van der Waals surface area contributed by atoms with Crippen LogP contribution in [0, 0.1) is 6.92 Å². The van der Waals surface area contributed by atoms with Crippen molar-refractivity contribution in [3.05, 3.63) is 65.2 Å². The van der Waals surface area contributed by atoms with Gasteiger partial charge in [-0.2, -0.15) is 36.5 Å². The lowest BCUT2D eigenvalue weighted by atomic mass is 10.1. The number of carbonyl (C=O) groups is 1. The number of ether oxygens (including phenoxy) is 1. The average molecular weight is 526 g/mol. The molecule has 37 heavy (non-hydrogen) atoms. The summed E-state index contributed by atoms with van der Waals surface area (Å²) < 4.78 is 86.4. The molecule has 1 aromatic carbocycles. The molecular weight excluding hydrogens is 506 g/mol. The first-order valence-electron chi connectivity index (χ1n) is 10.9. The SMILES string of the molecule is COc1ccc(-c2cc(C(F)(F)F)n3nc(C(=O)NCCCn4nc(C(F)(F)F)cc4C)cc3n2)cc1. The number of hydrogen-bond acceptors (Lipinski definition) is 5. The molecule has 0 atom stereocenters. The maximum absolute atomic E-state index is 13.8. The number of carbonyl (C=O) groups excluding carboxylic acids is 1. The highest BCUT2D eigenvalue weighted by atomic mass is 19.4. The van der Waals surface area contributed by atoms with Gasteiger partial charge in [-0.15, -0.1) is 0 Å². The molecule has 0 bridgehead atoms. The summed E-state index contributed by atoms with van der Waals surface area (Å²) in [6.45, 7) is 1.60. The molecule has 4 rings (SSSR count). The molecule has 0 radical (unpaired) electrons. The maximum atomic E-state index is 13.8. The normalized spacial score (nSPS) is 12.2. The first kappa shape index (κ1) is 26.0. The second-order valence-electron chi connectivity index (χ2n) is 8.05. The Morgan fingerprint density at radius 3 is 2.30 bits per heavy atom. The van der Waals surface area contributed by atoms with Crippen molar-refractivity contribution in [3.8, 4) is 17.0 Å². The molecule has 4 aromatic rings. The second kappa shape index (κ2) is 9.75. The van der Waals surface area contributed by atoms with Gasteiger partial charge >= 0.3 is 12.4 Å². The highest BCUT2D eigenvalue weighted by Crippen LogP contribution is 2.33. The number of amides is 1. The molecule has 0 saturated heterocycles. The standard InChI is InChI=1S/C23H20F6N6O2/c1-13-10-18(22(24,25)26)33-34(13)9-3-8-30-21(36)17-12-20-31-16(14-4-6-15(37-2)7-5-14)11-19(23(27,28)29)35(20)32-17/h4-7,10-12H,3,8-9H2,1-2H3,(H,30,36). The van der Waals surface area contributed by atoms with Crippen LogP contribution in [0.3, 0.4) is 0 Å². The van der Waals surface area contributed by atoms with E-state index < -0.39 is 29.6 Å². The van der Waals surface area contributed by atoms with Crippen LogP contribution in [-0.4, -0.2) is 43.9 Å². The van der Waals surface area contributed by atoms with E-state index in [2.05, 4.69) is 20.5 Å². The van der Waals surface area contributed by atoms with E-state index in [1.54, 1.807) is 24.3 Å². The van der Waals surface area contributed by atoms with Gasteiger partial charge in [0.1, 0.15) is 5.75 Å². The number of fused-ring (bicyclic) bond motifs is 1. The summed E-state index contributed by atoms with van der Waals surface area (Å²) in [5.41, 5.74) is -1.86. The largest absolute Gasteiger partial charge is 0.497 e. The molecule has 3 heterocycles. The van der Waals surface area contributed by atoms with Gasteiger partial charge in [-0.25, -0.2) is 9.50 Å². The van der Waals surface area contributed by atoms with E-state index in [1.165, 1.54) is 18.7 Å². The molecule has 0 aliphatic heterocycles. The van der Waals surface area contributed by atoms with Crippen molar-refractivity contribution in [1.29, 1.82) is 0 Å². The zero-order valence-corrected chi connectivity index (χ0v) is 19.5. The number of alkyl halides is 6. The van der Waals surface area contributed by atoms with Crippen molar-refractivity contribution in [3.63, 3.8) is 0 Å². The Hall–Kier alpha value is -4.10. The van der Waals surface area contributed by atoms with Crippen molar-refractivity contribution >= 4 is 11.6 Å². The van der Waals surface area contributed by atoms with Gasteiger partial charge in [0.25, 0.3) is 5.91 Å². The van der Waals surface area contributed by atoms with Gasteiger partial charge < -0.3 is 10.1 Å². The van der Waals surface area contributed by atoms with Crippen molar-refractivity contribution in [2.24, 2.45) is 0 Å². The molecule has 0 spiro atoms. The summed E-state index contributed by atoms with van der Waals surface area (Å²) in [5, 5.41) is 9.79. The summed E-state index contributed by atoms with van der Waals surface area (Å²) in [4.78, 5) is 16.8. The third kappa shape index (κ3) is 5.67. The molecule has 1 amide bonds. The van der Waals surface area contributed by atoms with E-state index in [1.807, 2.05) is 0 Å². The zero-order chi connectivity index (χ0) is 27.0. The molecule has 0 saturated carbocycles.